The van der Waals surface area contributed by atoms with E-state index in [0.29, 0.717) is 25.7 Å². The Morgan fingerprint density at radius 3 is 1.37 bits per heavy atom. The van der Waals surface area contributed by atoms with Crippen molar-refractivity contribution in [3.63, 3.8) is 0 Å². The molecule has 0 aromatic heterocycles. The molecule has 6 unspecified atom stereocenters. The number of nitrogens with one attached hydrogen (secondary N) is 2. The van der Waals surface area contributed by atoms with Gasteiger partial charge in [0.2, 0.25) is 19.4 Å². The number of hydrogen-bond donors (Lipinski definition) is 2. The average Bonchev–Trinajstić information content (AvgIpc) is 2.81. The van der Waals surface area contributed by atoms with Gasteiger partial charge in [0.15, 0.2) is 0 Å². The van der Waals surface area contributed by atoms with Crippen molar-refractivity contribution >= 4 is 117 Å². The van der Waals surface area contributed by atoms with Crippen molar-refractivity contribution in [1.29, 1.82) is 0 Å². The van der Waals surface area contributed by atoms with Crippen LogP contribution in [0.2, 0.25) is 0 Å². The molecule has 3 heterocycles. The van der Waals surface area contributed by atoms with E-state index in [0.717, 1.165) is 0 Å². The smallest absolute Gasteiger partial charge is 0.410 e. The molecule has 3 fully saturated rings. The normalized spacial score (nSPS) is 30.8. The number of likely N-dealkylation sites (tertiary alicyclic amines) is 2. The van der Waals surface area contributed by atoms with Crippen LogP contribution in [0.25, 0.3) is 0 Å². The first kappa shape index (κ1) is 32.3. The van der Waals surface area contributed by atoms with Gasteiger partial charge >= 0.3 is 12.2 Å². The maximum Gasteiger partial charge on any atom is 0.410 e. The maximum atomic E-state index is 13.2. The highest BCUT2D eigenvalue weighted by Gasteiger charge is 2.49. The molecule has 3 saturated heterocycles. The van der Waals surface area contributed by atoms with Crippen molar-refractivity contribution in [3.05, 3.63) is 0 Å². The van der Waals surface area contributed by atoms with Crippen LogP contribution in [0.4, 0.5) is 9.59 Å². The third-order valence-electron chi connectivity index (χ3n) is 6.26. The summed E-state index contributed by atoms with van der Waals surface area (Å²) < 4.78 is 6.49. The van der Waals surface area contributed by atoms with Crippen molar-refractivity contribution < 1.29 is 28.7 Å². The Labute approximate surface area is 259 Å². The standard InChI is InChI=1S/C20H24Cl8N4O6/c21-9-1-3-11(31(5-9)17(35)37-7-19(23,24)25)13-15(33)30-14(16(34)29-13)12-4-2-10(22)6-32(12)18(36)38-8-20(26,27)28/h9-14H,1-8H2,(H,29,34)(H,30,33). The van der Waals surface area contributed by atoms with Crippen molar-refractivity contribution in [2.45, 2.75) is 68.2 Å². The number of alkyl halides is 8. The minimum absolute atomic E-state index is 0.0521. The Hall–Kier alpha value is -0.200. The highest BCUT2D eigenvalue weighted by atomic mass is 35.6. The average molecular weight is 700 g/mol. The summed E-state index contributed by atoms with van der Waals surface area (Å²) >= 11 is 46.5. The molecule has 2 N–H and O–H groups in total. The lowest BCUT2D eigenvalue weighted by molar-refractivity contribution is -0.140. The van der Waals surface area contributed by atoms with Crippen LogP contribution in [0.3, 0.4) is 0 Å². The van der Waals surface area contributed by atoms with E-state index in [9.17, 15) is 19.2 Å². The summed E-state index contributed by atoms with van der Waals surface area (Å²) in [5.74, 6) is -1.12. The molecular formula is C20H24Cl8N4O6. The molecule has 10 nitrogen and oxygen atoms in total. The second kappa shape index (κ2) is 13.2. The molecule has 0 aromatic rings. The number of halogens is 8. The first-order chi connectivity index (χ1) is 17.6. The van der Waals surface area contributed by atoms with Gasteiger partial charge in [-0.25, -0.2) is 9.59 Å². The zero-order valence-electron chi connectivity index (χ0n) is 19.5. The predicted molar refractivity (Wildman–Crippen MR) is 146 cm³/mol. The zero-order chi connectivity index (χ0) is 28.4. The van der Waals surface area contributed by atoms with Crippen LogP contribution in [-0.4, -0.2) is 103 Å². The summed E-state index contributed by atoms with van der Waals surface area (Å²) in [5, 5.41) is 4.56. The van der Waals surface area contributed by atoms with Gasteiger partial charge in [0.25, 0.3) is 0 Å². The van der Waals surface area contributed by atoms with E-state index < -0.39 is 79.7 Å². The molecule has 0 radical (unpaired) electrons. The van der Waals surface area contributed by atoms with Gasteiger partial charge in [0.05, 0.1) is 22.8 Å². The third kappa shape index (κ3) is 8.90. The number of carbonyl (C=O) groups is 4. The van der Waals surface area contributed by atoms with Crippen LogP contribution in [0.15, 0.2) is 0 Å². The summed E-state index contributed by atoms with van der Waals surface area (Å²) in [6.45, 7) is -0.941. The number of amides is 4. The lowest BCUT2D eigenvalue weighted by Crippen LogP contribution is -2.73. The highest BCUT2D eigenvalue weighted by Crippen LogP contribution is 2.31. The topological polar surface area (TPSA) is 117 Å². The van der Waals surface area contributed by atoms with Crippen LogP contribution in [0.1, 0.15) is 25.7 Å². The monoisotopic (exact) mass is 696 g/mol. The summed E-state index contributed by atoms with van der Waals surface area (Å²) in [4.78, 5) is 54.5. The Balaban J connectivity index is 1.73. The van der Waals surface area contributed by atoms with Gasteiger partial charge in [0, 0.05) is 13.1 Å². The van der Waals surface area contributed by atoms with Gasteiger partial charge in [0.1, 0.15) is 25.3 Å². The van der Waals surface area contributed by atoms with E-state index in [1.807, 2.05) is 0 Å². The second-order valence-electron chi connectivity index (χ2n) is 9.10. The number of ether oxygens (including phenoxy) is 2. The summed E-state index contributed by atoms with van der Waals surface area (Å²) in [6.07, 6.45) is -0.142. The molecule has 4 amide bonds. The molecule has 3 aliphatic rings. The van der Waals surface area contributed by atoms with Gasteiger partial charge in [-0.15, -0.1) is 23.2 Å². The summed E-state index contributed by atoms with van der Waals surface area (Å²) in [7, 11) is 0. The summed E-state index contributed by atoms with van der Waals surface area (Å²) in [6, 6.07) is -3.78. The number of nitrogens with zero attached hydrogens (tertiary/aromatic N) is 2. The van der Waals surface area contributed by atoms with Gasteiger partial charge < -0.3 is 29.9 Å². The predicted octanol–water partition coefficient (Wildman–Crippen LogP) is 4.13. The minimum Gasteiger partial charge on any atom is -0.445 e. The van der Waals surface area contributed by atoms with E-state index in [1.165, 1.54) is 9.80 Å². The van der Waals surface area contributed by atoms with Crippen molar-refractivity contribution in [1.82, 2.24) is 20.4 Å². The molecule has 0 spiro atoms. The Kier molecular flexibility index (Phi) is 11.2. The van der Waals surface area contributed by atoms with Gasteiger partial charge in [-0.2, -0.15) is 0 Å². The number of piperidine rings is 2. The van der Waals surface area contributed by atoms with Crippen molar-refractivity contribution in [3.8, 4) is 0 Å². The number of piperazine rings is 1. The fourth-order valence-electron chi connectivity index (χ4n) is 4.62. The van der Waals surface area contributed by atoms with E-state index in [2.05, 4.69) is 10.6 Å². The fraction of sp³-hybridized carbons (Fsp3) is 0.800. The molecule has 0 saturated carbocycles. The molecule has 6 atom stereocenters. The molecule has 3 aliphatic heterocycles. The SMILES string of the molecule is O=C1NC(C2CCC(Cl)CN2C(=O)OCC(Cl)(Cl)Cl)C(=O)NC1C1CCC(Cl)CN1C(=O)OCC(Cl)(Cl)Cl. The lowest BCUT2D eigenvalue weighted by atomic mass is 9.89. The van der Waals surface area contributed by atoms with Crippen molar-refractivity contribution in [2.24, 2.45) is 0 Å². The molecule has 0 bridgehead atoms. The van der Waals surface area contributed by atoms with Crippen LogP contribution >= 0.6 is 92.8 Å². The van der Waals surface area contributed by atoms with E-state index in [4.69, 9.17) is 102 Å². The molecule has 3 rings (SSSR count). The van der Waals surface area contributed by atoms with Gasteiger partial charge in [-0.1, -0.05) is 69.6 Å². The maximum absolute atomic E-state index is 13.2. The van der Waals surface area contributed by atoms with Gasteiger partial charge in [-0.3, -0.25) is 9.59 Å². The highest BCUT2D eigenvalue weighted by molar-refractivity contribution is 6.68. The third-order valence-corrected chi connectivity index (χ3v) is 7.63. The van der Waals surface area contributed by atoms with Crippen LogP contribution in [0, 0.1) is 0 Å². The quantitative estimate of drug-likeness (QED) is 0.427. The molecule has 38 heavy (non-hydrogen) atoms. The largest absolute Gasteiger partial charge is 0.445 e. The number of carbonyl (C=O) groups excluding carboxylic acids is 4. The Morgan fingerprint density at radius 2 is 1.05 bits per heavy atom. The van der Waals surface area contributed by atoms with Crippen LogP contribution in [0.5, 0.6) is 0 Å². The lowest BCUT2D eigenvalue weighted by Gasteiger charge is -2.46. The first-order valence-electron chi connectivity index (χ1n) is 11.4. The Bertz CT molecular complexity index is 847. The molecule has 216 valence electrons. The zero-order valence-corrected chi connectivity index (χ0v) is 25.5. The van der Waals surface area contributed by atoms with Crippen molar-refractivity contribution in [2.75, 3.05) is 26.3 Å². The number of rotatable bonds is 4. The Morgan fingerprint density at radius 1 is 0.711 bits per heavy atom. The summed E-state index contributed by atoms with van der Waals surface area (Å²) in [5.41, 5.74) is 0. The van der Waals surface area contributed by atoms with E-state index in [-0.39, 0.29) is 13.1 Å². The number of hydrogen-bond acceptors (Lipinski definition) is 6. The fourth-order valence-corrected chi connectivity index (χ4v) is 5.50. The van der Waals surface area contributed by atoms with Crippen LogP contribution in [-0.2, 0) is 19.1 Å². The second-order valence-corrected chi connectivity index (χ2v) is 15.4. The van der Waals surface area contributed by atoms with Crippen LogP contribution < -0.4 is 10.6 Å². The molecule has 0 aliphatic carbocycles. The molecular weight excluding hydrogens is 676 g/mol. The first-order valence-corrected chi connectivity index (χ1v) is 14.6. The minimum atomic E-state index is -1.83. The van der Waals surface area contributed by atoms with Gasteiger partial charge in [-0.05, 0) is 25.7 Å². The molecule has 0 aromatic carbocycles. The molecule has 18 heteroatoms. The van der Waals surface area contributed by atoms with E-state index >= 15 is 0 Å². The van der Waals surface area contributed by atoms with E-state index in [1.54, 1.807) is 0 Å².